The molecule has 1 amide bonds. The molecular formula is C9H9ClN2O3S. The normalized spacial score (nSPS) is 15.4. The van der Waals surface area contributed by atoms with Crippen LogP contribution in [-0.2, 0) is 0 Å². The van der Waals surface area contributed by atoms with Crippen molar-refractivity contribution in [2.75, 3.05) is 13.1 Å². The van der Waals surface area contributed by atoms with Crippen LogP contribution in [0.3, 0.4) is 0 Å². The maximum Gasteiger partial charge on any atom is 0.299 e. The average Bonchev–Trinajstić information content (AvgIpc) is 2.84. The molecule has 1 aromatic heterocycles. The second kappa shape index (κ2) is 4.39. The van der Waals surface area contributed by atoms with Gasteiger partial charge in [-0.25, -0.2) is 0 Å². The Labute approximate surface area is 101 Å². The molecule has 2 rings (SSSR count). The first-order valence-electron chi connectivity index (χ1n) is 4.82. The molecule has 0 radical (unpaired) electrons. The van der Waals surface area contributed by atoms with Crippen molar-refractivity contribution in [3.05, 3.63) is 25.4 Å². The zero-order valence-electron chi connectivity index (χ0n) is 8.31. The maximum atomic E-state index is 11.9. The quantitative estimate of drug-likeness (QED) is 0.606. The van der Waals surface area contributed by atoms with Crippen LogP contribution in [0.15, 0.2) is 6.07 Å². The van der Waals surface area contributed by atoms with E-state index in [0.717, 1.165) is 37.3 Å². The zero-order chi connectivity index (χ0) is 11.7. The van der Waals surface area contributed by atoms with Crippen LogP contribution in [0.4, 0.5) is 5.69 Å². The van der Waals surface area contributed by atoms with Gasteiger partial charge in [-0.2, -0.15) is 0 Å². The van der Waals surface area contributed by atoms with Gasteiger partial charge in [0.05, 0.1) is 4.92 Å². The highest BCUT2D eigenvalue weighted by atomic mass is 35.5. The summed E-state index contributed by atoms with van der Waals surface area (Å²) in [4.78, 5) is 23.9. The van der Waals surface area contributed by atoms with Gasteiger partial charge < -0.3 is 4.90 Å². The molecule has 5 nitrogen and oxygen atoms in total. The molecule has 0 spiro atoms. The molecule has 0 unspecified atom stereocenters. The smallest absolute Gasteiger partial charge is 0.299 e. The molecule has 1 aliphatic heterocycles. The van der Waals surface area contributed by atoms with Crippen molar-refractivity contribution in [3.63, 3.8) is 0 Å². The third-order valence-corrected chi connectivity index (χ3v) is 3.80. The molecular weight excluding hydrogens is 252 g/mol. The number of carbonyl (C=O) groups excluding carboxylic acids is 1. The number of hydrogen-bond acceptors (Lipinski definition) is 4. The van der Waals surface area contributed by atoms with E-state index in [9.17, 15) is 14.9 Å². The first-order valence-corrected chi connectivity index (χ1v) is 6.02. The van der Waals surface area contributed by atoms with Crippen LogP contribution in [-0.4, -0.2) is 28.8 Å². The number of nitro groups is 1. The van der Waals surface area contributed by atoms with Gasteiger partial charge in [-0.05, 0) is 12.8 Å². The summed E-state index contributed by atoms with van der Waals surface area (Å²) in [7, 11) is 0. The Kier molecular flexibility index (Phi) is 3.11. The summed E-state index contributed by atoms with van der Waals surface area (Å²) < 4.78 is 0.0625. The van der Waals surface area contributed by atoms with Crippen LogP contribution in [0.5, 0.6) is 0 Å². The lowest BCUT2D eigenvalue weighted by Crippen LogP contribution is -2.26. The number of amides is 1. The van der Waals surface area contributed by atoms with Gasteiger partial charge in [0.25, 0.3) is 11.6 Å². The largest absolute Gasteiger partial charge is 0.338 e. The lowest BCUT2D eigenvalue weighted by Gasteiger charge is -2.12. The molecule has 7 heteroatoms. The van der Waals surface area contributed by atoms with Crippen molar-refractivity contribution < 1.29 is 9.72 Å². The second-order valence-corrected chi connectivity index (χ2v) is 5.18. The fourth-order valence-corrected chi connectivity index (χ4v) is 2.86. The van der Waals surface area contributed by atoms with Gasteiger partial charge in [-0.15, -0.1) is 11.3 Å². The number of thiophene rings is 1. The summed E-state index contributed by atoms with van der Waals surface area (Å²) in [5.41, 5.74) is -0.186. The number of carbonyl (C=O) groups is 1. The van der Waals surface area contributed by atoms with E-state index < -0.39 is 4.92 Å². The highest BCUT2D eigenvalue weighted by Gasteiger charge is 2.25. The number of halogens is 1. The number of nitrogens with zero attached hydrogens (tertiary/aromatic N) is 2. The lowest BCUT2D eigenvalue weighted by atomic mass is 10.4. The Morgan fingerprint density at radius 3 is 2.62 bits per heavy atom. The fraction of sp³-hybridized carbons (Fsp3) is 0.444. The van der Waals surface area contributed by atoms with Crippen molar-refractivity contribution in [2.45, 2.75) is 12.8 Å². The van der Waals surface area contributed by atoms with Crippen molar-refractivity contribution in [1.82, 2.24) is 4.90 Å². The highest BCUT2D eigenvalue weighted by Crippen LogP contribution is 2.34. The highest BCUT2D eigenvalue weighted by molar-refractivity contribution is 7.18. The first-order chi connectivity index (χ1) is 7.59. The molecule has 0 atom stereocenters. The summed E-state index contributed by atoms with van der Waals surface area (Å²) in [6.45, 7) is 1.45. The SMILES string of the molecule is O=C(c1cc([N+](=O)[O-])c(Cl)s1)N1CCCC1. The molecule has 0 bridgehead atoms. The monoisotopic (exact) mass is 260 g/mol. The minimum atomic E-state index is -0.570. The number of hydrogen-bond donors (Lipinski definition) is 0. The molecule has 86 valence electrons. The van der Waals surface area contributed by atoms with Crippen LogP contribution < -0.4 is 0 Å². The topological polar surface area (TPSA) is 63.4 Å². The molecule has 0 aliphatic carbocycles. The van der Waals surface area contributed by atoms with Gasteiger partial charge in [0.15, 0.2) is 4.34 Å². The Balaban J connectivity index is 2.23. The van der Waals surface area contributed by atoms with Crippen molar-refractivity contribution >= 4 is 34.5 Å². The second-order valence-electron chi connectivity index (χ2n) is 3.53. The summed E-state index contributed by atoms with van der Waals surface area (Å²) in [5, 5.41) is 10.6. The van der Waals surface area contributed by atoms with Crippen LogP contribution in [0, 0.1) is 10.1 Å². The van der Waals surface area contributed by atoms with Crippen molar-refractivity contribution in [3.8, 4) is 0 Å². The van der Waals surface area contributed by atoms with Gasteiger partial charge in [0.2, 0.25) is 0 Å². The van der Waals surface area contributed by atoms with E-state index in [1.54, 1.807) is 4.90 Å². The van der Waals surface area contributed by atoms with Gasteiger partial charge in [0, 0.05) is 19.2 Å². The Hall–Kier alpha value is -1.14. The summed E-state index contributed by atoms with van der Waals surface area (Å²) >= 11 is 6.67. The molecule has 0 saturated carbocycles. The van der Waals surface area contributed by atoms with Crippen LogP contribution in [0.25, 0.3) is 0 Å². The van der Waals surface area contributed by atoms with E-state index in [4.69, 9.17) is 11.6 Å². The molecule has 16 heavy (non-hydrogen) atoms. The van der Waals surface area contributed by atoms with E-state index in [2.05, 4.69) is 0 Å². The van der Waals surface area contributed by atoms with E-state index in [0.29, 0.717) is 4.88 Å². The Morgan fingerprint density at radius 1 is 1.50 bits per heavy atom. The number of likely N-dealkylation sites (tertiary alicyclic amines) is 1. The predicted octanol–water partition coefficient (Wildman–Crippen LogP) is 2.55. The molecule has 0 N–H and O–H groups in total. The van der Waals surface area contributed by atoms with Gasteiger partial charge in [-0.1, -0.05) is 11.6 Å². The van der Waals surface area contributed by atoms with Crippen molar-refractivity contribution in [2.24, 2.45) is 0 Å². The van der Waals surface area contributed by atoms with E-state index in [1.807, 2.05) is 0 Å². The minimum Gasteiger partial charge on any atom is -0.338 e. The molecule has 0 aromatic carbocycles. The predicted molar refractivity (Wildman–Crippen MR) is 61.1 cm³/mol. The van der Waals surface area contributed by atoms with Crippen molar-refractivity contribution in [1.29, 1.82) is 0 Å². The van der Waals surface area contributed by atoms with Gasteiger partial charge in [-0.3, -0.25) is 14.9 Å². The van der Waals surface area contributed by atoms with E-state index in [1.165, 1.54) is 6.07 Å². The molecule has 1 aromatic rings. The molecule has 2 heterocycles. The van der Waals surface area contributed by atoms with Crippen LogP contribution in [0.2, 0.25) is 4.34 Å². The lowest BCUT2D eigenvalue weighted by molar-refractivity contribution is -0.384. The van der Waals surface area contributed by atoms with E-state index in [-0.39, 0.29) is 15.9 Å². The minimum absolute atomic E-state index is 0.0625. The van der Waals surface area contributed by atoms with Gasteiger partial charge >= 0.3 is 0 Å². The fourth-order valence-electron chi connectivity index (χ4n) is 1.67. The summed E-state index contributed by atoms with van der Waals surface area (Å²) in [5.74, 6) is -0.155. The first kappa shape index (κ1) is 11.3. The third-order valence-electron chi connectivity index (χ3n) is 2.47. The standard InChI is InChI=1S/C9H9ClN2O3S/c10-8-6(12(14)15)5-7(16-8)9(13)11-3-1-2-4-11/h5H,1-4H2. The molecule has 1 saturated heterocycles. The molecule has 1 aliphatic rings. The Morgan fingerprint density at radius 2 is 2.12 bits per heavy atom. The zero-order valence-corrected chi connectivity index (χ0v) is 9.88. The summed E-state index contributed by atoms with van der Waals surface area (Å²) in [6, 6.07) is 1.26. The van der Waals surface area contributed by atoms with Gasteiger partial charge in [0.1, 0.15) is 4.88 Å². The maximum absolute atomic E-state index is 11.9. The average molecular weight is 261 g/mol. The number of rotatable bonds is 2. The van der Waals surface area contributed by atoms with Crippen LogP contribution in [0.1, 0.15) is 22.5 Å². The van der Waals surface area contributed by atoms with E-state index >= 15 is 0 Å². The Bertz CT molecular complexity index is 440. The molecule has 1 fully saturated rings. The third kappa shape index (κ3) is 2.03. The summed E-state index contributed by atoms with van der Waals surface area (Å²) in [6.07, 6.45) is 1.99. The van der Waals surface area contributed by atoms with Crippen LogP contribution >= 0.6 is 22.9 Å².